The van der Waals surface area contributed by atoms with Crippen LogP contribution in [0.25, 0.3) is 0 Å². The lowest BCUT2D eigenvalue weighted by Gasteiger charge is -2.31. The molecular weight excluding hydrogens is 244 g/mol. The molecule has 2 heterocycles. The van der Waals surface area contributed by atoms with Crippen LogP contribution >= 0.6 is 11.3 Å². The van der Waals surface area contributed by atoms with Gasteiger partial charge in [0.1, 0.15) is 0 Å². The summed E-state index contributed by atoms with van der Waals surface area (Å²) in [7, 11) is 0. The van der Waals surface area contributed by atoms with E-state index in [1.54, 1.807) is 11.3 Å². The van der Waals surface area contributed by atoms with E-state index in [9.17, 15) is 4.79 Å². The monoisotopic (exact) mass is 266 g/mol. The maximum absolute atomic E-state index is 12.5. The Balaban J connectivity index is 1.96. The van der Waals surface area contributed by atoms with Gasteiger partial charge in [0.05, 0.1) is 6.54 Å². The van der Waals surface area contributed by atoms with Crippen molar-refractivity contribution in [2.24, 2.45) is 5.92 Å². The lowest BCUT2D eigenvalue weighted by Crippen LogP contribution is -2.43. The van der Waals surface area contributed by atoms with Crippen molar-refractivity contribution >= 4 is 17.2 Å². The van der Waals surface area contributed by atoms with Gasteiger partial charge < -0.3 is 10.2 Å². The van der Waals surface area contributed by atoms with Gasteiger partial charge in [0, 0.05) is 23.4 Å². The maximum Gasteiger partial charge on any atom is 0.226 e. The van der Waals surface area contributed by atoms with E-state index in [1.807, 2.05) is 11.0 Å². The molecular formula is C14H22N2OS. The smallest absolute Gasteiger partial charge is 0.226 e. The third kappa shape index (κ3) is 3.33. The number of rotatable bonds is 4. The Morgan fingerprint density at radius 2 is 2.44 bits per heavy atom. The van der Waals surface area contributed by atoms with E-state index in [0.29, 0.717) is 11.9 Å². The third-order valence-electron chi connectivity index (χ3n) is 3.59. The van der Waals surface area contributed by atoms with Gasteiger partial charge >= 0.3 is 0 Å². The van der Waals surface area contributed by atoms with Gasteiger partial charge in [0.2, 0.25) is 5.91 Å². The largest absolute Gasteiger partial charge is 0.338 e. The zero-order chi connectivity index (χ0) is 13.0. The van der Waals surface area contributed by atoms with Crippen LogP contribution in [-0.2, 0) is 11.3 Å². The minimum absolute atomic E-state index is 0.209. The summed E-state index contributed by atoms with van der Waals surface area (Å²) in [5, 5.41) is 5.47. The standard InChI is InChI=1S/C14H22N2OS/c1-3-16(10-13-5-4-8-18-13)14(17)12-6-7-15-11(2)9-12/h4-5,8,11-12,15H,3,6-7,9-10H2,1-2H3. The molecule has 0 aliphatic carbocycles. The van der Waals surface area contributed by atoms with Crippen LogP contribution in [0.5, 0.6) is 0 Å². The Kier molecular flexibility index (Phi) is 4.78. The molecule has 2 rings (SSSR count). The summed E-state index contributed by atoms with van der Waals surface area (Å²) in [5.74, 6) is 0.542. The summed E-state index contributed by atoms with van der Waals surface area (Å²) < 4.78 is 0. The molecule has 4 heteroatoms. The average Bonchev–Trinajstić information content (AvgIpc) is 2.88. The van der Waals surface area contributed by atoms with E-state index in [-0.39, 0.29) is 5.92 Å². The number of carbonyl (C=O) groups excluding carboxylic acids is 1. The van der Waals surface area contributed by atoms with Crippen LogP contribution in [0.15, 0.2) is 17.5 Å². The maximum atomic E-state index is 12.5. The normalized spacial score (nSPS) is 23.9. The van der Waals surface area contributed by atoms with Crippen molar-refractivity contribution in [1.82, 2.24) is 10.2 Å². The van der Waals surface area contributed by atoms with Crippen molar-refractivity contribution in [3.8, 4) is 0 Å². The van der Waals surface area contributed by atoms with Gasteiger partial charge in [-0.3, -0.25) is 4.79 Å². The van der Waals surface area contributed by atoms with Gasteiger partial charge in [-0.15, -0.1) is 11.3 Å². The molecule has 18 heavy (non-hydrogen) atoms. The first-order chi connectivity index (χ1) is 8.70. The second-order valence-corrected chi connectivity index (χ2v) is 6.04. The second-order valence-electron chi connectivity index (χ2n) is 5.01. The summed E-state index contributed by atoms with van der Waals surface area (Å²) in [6.07, 6.45) is 1.95. The molecule has 0 spiro atoms. The van der Waals surface area contributed by atoms with Gasteiger partial charge in [-0.2, -0.15) is 0 Å². The lowest BCUT2D eigenvalue weighted by atomic mass is 9.92. The van der Waals surface area contributed by atoms with Crippen molar-refractivity contribution < 1.29 is 4.79 Å². The van der Waals surface area contributed by atoms with Crippen molar-refractivity contribution in [2.45, 2.75) is 39.3 Å². The number of piperidine rings is 1. The van der Waals surface area contributed by atoms with Crippen LogP contribution in [0.1, 0.15) is 31.6 Å². The molecule has 1 amide bonds. The summed E-state index contributed by atoms with van der Waals surface area (Å²) in [5.41, 5.74) is 0. The van der Waals surface area contributed by atoms with Crippen LogP contribution in [0.3, 0.4) is 0 Å². The predicted octanol–water partition coefficient (Wildman–Crippen LogP) is 2.48. The highest BCUT2D eigenvalue weighted by atomic mass is 32.1. The van der Waals surface area contributed by atoms with Crippen LogP contribution < -0.4 is 5.32 Å². The van der Waals surface area contributed by atoms with Crippen molar-refractivity contribution in [3.63, 3.8) is 0 Å². The van der Waals surface area contributed by atoms with Crippen LogP contribution in [-0.4, -0.2) is 29.9 Å². The van der Waals surface area contributed by atoms with Crippen LogP contribution in [0.4, 0.5) is 0 Å². The first kappa shape index (κ1) is 13.6. The van der Waals surface area contributed by atoms with E-state index in [1.165, 1.54) is 4.88 Å². The molecule has 1 aromatic heterocycles. The zero-order valence-corrected chi connectivity index (χ0v) is 12.0. The van der Waals surface area contributed by atoms with Crippen LogP contribution in [0, 0.1) is 5.92 Å². The number of hydrogen-bond donors (Lipinski definition) is 1. The number of thiophene rings is 1. The zero-order valence-electron chi connectivity index (χ0n) is 11.2. The van der Waals surface area contributed by atoms with E-state index in [2.05, 4.69) is 30.6 Å². The molecule has 100 valence electrons. The van der Waals surface area contributed by atoms with E-state index in [0.717, 1.165) is 32.5 Å². The number of carbonyl (C=O) groups is 1. The molecule has 0 radical (unpaired) electrons. The Labute approximate surface area is 113 Å². The van der Waals surface area contributed by atoms with Gasteiger partial charge in [0.15, 0.2) is 0 Å². The highest BCUT2D eigenvalue weighted by Gasteiger charge is 2.27. The molecule has 3 nitrogen and oxygen atoms in total. The van der Waals surface area contributed by atoms with Crippen LogP contribution in [0.2, 0.25) is 0 Å². The van der Waals surface area contributed by atoms with Gasteiger partial charge in [-0.1, -0.05) is 6.07 Å². The van der Waals surface area contributed by atoms with E-state index in [4.69, 9.17) is 0 Å². The first-order valence-electron chi connectivity index (χ1n) is 6.75. The third-order valence-corrected chi connectivity index (χ3v) is 4.45. The molecule has 1 fully saturated rings. The molecule has 0 saturated carbocycles. The fourth-order valence-electron chi connectivity index (χ4n) is 2.55. The molecule has 1 aliphatic rings. The van der Waals surface area contributed by atoms with Crippen molar-refractivity contribution in [1.29, 1.82) is 0 Å². The van der Waals surface area contributed by atoms with Gasteiger partial charge in [-0.05, 0) is 44.7 Å². The number of amides is 1. The Hall–Kier alpha value is -0.870. The fourth-order valence-corrected chi connectivity index (χ4v) is 3.27. The molecule has 2 unspecified atom stereocenters. The molecule has 1 N–H and O–H groups in total. The van der Waals surface area contributed by atoms with Gasteiger partial charge in [0.25, 0.3) is 0 Å². The average molecular weight is 266 g/mol. The summed E-state index contributed by atoms with van der Waals surface area (Å²) in [4.78, 5) is 15.8. The minimum atomic E-state index is 0.209. The van der Waals surface area contributed by atoms with E-state index < -0.39 is 0 Å². The highest BCUT2D eigenvalue weighted by Crippen LogP contribution is 2.21. The molecule has 1 aliphatic heterocycles. The number of hydrogen-bond acceptors (Lipinski definition) is 3. The summed E-state index contributed by atoms with van der Waals surface area (Å²) in [6.45, 7) is 6.76. The summed E-state index contributed by atoms with van der Waals surface area (Å²) in [6, 6.07) is 4.62. The van der Waals surface area contributed by atoms with Crippen molar-refractivity contribution in [3.05, 3.63) is 22.4 Å². The number of nitrogens with zero attached hydrogens (tertiary/aromatic N) is 1. The van der Waals surface area contributed by atoms with E-state index >= 15 is 0 Å². The Morgan fingerprint density at radius 1 is 1.61 bits per heavy atom. The Morgan fingerprint density at radius 3 is 3.06 bits per heavy atom. The predicted molar refractivity (Wildman–Crippen MR) is 75.6 cm³/mol. The van der Waals surface area contributed by atoms with Gasteiger partial charge in [-0.25, -0.2) is 0 Å². The molecule has 1 aromatic rings. The SMILES string of the molecule is CCN(Cc1cccs1)C(=O)C1CCNC(C)C1. The first-order valence-corrected chi connectivity index (χ1v) is 7.63. The molecule has 0 aromatic carbocycles. The molecule has 1 saturated heterocycles. The quantitative estimate of drug-likeness (QED) is 0.908. The second kappa shape index (κ2) is 6.34. The highest BCUT2D eigenvalue weighted by molar-refractivity contribution is 7.09. The molecule has 0 bridgehead atoms. The lowest BCUT2D eigenvalue weighted by molar-refractivity contribution is -0.137. The fraction of sp³-hybridized carbons (Fsp3) is 0.643. The van der Waals surface area contributed by atoms with Crippen molar-refractivity contribution in [2.75, 3.05) is 13.1 Å². The Bertz CT molecular complexity index is 377. The molecule has 2 atom stereocenters. The number of nitrogens with one attached hydrogen (secondary N) is 1. The topological polar surface area (TPSA) is 32.3 Å². The summed E-state index contributed by atoms with van der Waals surface area (Å²) >= 11 is 1.72. The minimum Gasteiger partial charge on any atom is -0.338 e.